The highest BCUT2D eigenvalue weighted by Gasteiger charge is 2.34. The Morgan fingerprint density at radius 3 is 2.95 bits per heavy atom. The molecular formula is C12H12ClFN2O3S. The van der Waals surface area contributed by atoms with Crippen molar-refractivity contribution in [3.8, 4) is 0 Å². The summed E-state index contributed by atoms with van der Waals surface area (Å²) in [6.45, 7) is -0.367. The van der Waals surface area contributed by atoms with Crippen LogP contribution in [0.25, 0.3) is 0 Å². The third-order valence-corrected chi connectivity index (χ3v) is 4.27. The van der Waals surface area contributed by atoms with E-state index in [1.807, 2.05) is 0 Å². The largest absolute Gasteiger partial charge is 0.391 e. The lowest BCUT2D eigenvalue weighted by atomic mass is 10.2. The molecule has 1 heterocycles. The second-order valence-electron chi connectivity index (χ2n) is 4.07. The molecular weight excluding hydrogens is 307 g/mol. The third kappa shape index (κ3) is 3.29. The van der Waals surface area contributed by atoms with Crippen molar-refractivity contribution in [1.29, 1.82) is 0 Å². The smallest absolute Gasteiger partial charge is 0.331 e. The quantitative estimate of drug-likeness (QED) is 0.644. The second kappa shape index (κ2) is 6.53. The average molecular weight is 319 g/mol. The van der Waals surface area contributed by atoms with Gasteiger partial charge in [0.25, 0.3) is 0 Å². The molecule has 0 amide bonds. The Hall–Kier alpha value is -1.15. The van der Waals surface area contributed by atoms with E-state index in [0.717, 1.165) is 0 Å². The van der Waals surface area contributed by atoms with Gasteiger partial charge in [-0.1, -0.05) is 17.7 Å². The molecule has 0 aromatic heterocycles. The van der Waals surface area contributed by atoms with E-state index in [1.54, 1.807) is 6.07 Å². The number of hydrogen-bond acceptors (Lipinski definition) is 6. The molecule has 108 valence electrons. The average Bonchev–Trinajstić information content (AvgIpc) is 2.88. The van der Waals surface area contributed by atoms with E-state index in [-0.39, 0.29) is 11.6 Å². The fourth-order valence-electron chi connectivity index (χ4n) is 1.76. The van der Waals surface area contributed by atoms with Gasteiger partial charge in [-0.15, -0.1) is 11.8 Å². The zero-order valence-electron chi connectivity index (χ0n) is 10.3. The molecule has 5 nitrogen and oxygen atoms in total. The van der Waals surface area contributed by atoms with Gasteiger partial charge in [0.2, 0.25) is 0 Å². The lowest BCUT2D eigenvalue weighted by molar-refractivity contribution is -0.159. The van der Waals surface area contributed by atoms with E-state index in [1.165, 1.54) is 23.9 Å². The van der Waals surface area contributed by atoms with Crippen LogP contribution in [0.4, 0.5) is 4.39 Å². The molecule has 1 saturated heterocycles. The molecule has 1 fully saturated rings. The Bertz CT molecular complexity index is 523. The minimum atomic E-state index is -0.797. The highest BCUT2D eigenvalue weighted by Crippen LogP contribution is 2.38. The zero-order chi connectivity index (χ0) is 14.7. The van der Waals surface area contributed by atoms with Gasteiger partial charge in [0, 0.05) is 16.3 Å². The van der Waals surface area contributed by atoms with Gasteiger partial charge >= 0.3 is 11.9 Å². The van der Waals surface area contributed by atoms with Gasteiger partial charge in [-0.05, 0) is 12.1 Å². The summed E-state index contributed by atoms with van der Waals surface area (Å²) in [5, 5.41) is 2.71. The maximum absolute atomic E-state index is 13.8. The Labute approximate surface area is 124 Å². The number of carbonyl (C=O) groups is 2. The molecule has 1 aliphatic heterocycles. The van der Waals surface area contributed by atoms with E-state index in [4.69, 9.17) is 17.3 Å². The highest BCUT2D eigenvalue weighted by molar-refractivity contribution is 7.99. The van der Waals surface area contributed by atoms with Crippen LogP contribution in [0.2, 0.25) is 5.02 Å². The first-order valence-electron chi connectivity index (χ1n) is 5.79. The van der Waals surface area contributed by atoms with Crippen LogP contribution in [0.1, 0.15) is 10.9 Å². The SMILES string of the molecule is NCC(=O)OC(=O)C1CSC(c2c(F)cccc2Cl)N1. The summed E-state index contributed by atoms with van der Waals surface area (Å²) in [5.74, 6) is -1.61. The summed E-state index contributed by atoms with van der Waals surface area (Å²) in [7, 11) is 0. The summed E-state index contributed by atoms with van der Waals surface area (Å²) in [6.07, 6.45) is 0. The molecule has 1 aromatic carbocycles. The van der Waals surface area contributed by atoms with Crippen molar-refractivity contribution in [2.75, 3.05) is 12.3 Å². The number of nitrogens with two attached hydrogens (primary N) is 1. The van der Waals surface area contributed by atoms with Gasteiger partial charge in [-0.3, -0.25) is 10.1 Å². The molecule has 20 heavy (non-hydrogen) atoms. The minimum Gasteiger partial charge on any atom is -0.391 e. The maximum atomic E-state index is 13.8. The maximum Gasteiger partial charge on any atom is 0.331 e. The molecule has 0 saturated carbocycles. The number of nitrogens with one attached hydrogen (secondary N) is 1. The van der Waals surface area contributed by atoms with E-state index >= 15 is 0 Å². The number of ether oxygens (including phenoxy) is 1. The predicted octanol–water partition coefficient (Wildman–Crippen LogP) is 1.21. The Balaban J connectivity index is 2.06. The Morgan fingerprint density at radius 1 is 1.55 bits per heavy atom. The first-order valence-corrected chi connectivity index (χ1v) is 7.21. The number of carbonyl (C=O) groups excluding carboxylic acids is 2. The van der Waals surface area contributed by atoms with Gasteiger partial charge in [0.15, 0.2) is 0 Å². The lowest BCUT2D eigenvalue weighted by Gasteiger charge is -2.14. The van der Waals surface area contributed by atoms with E-state index in [0.29, 0.717) is 11.3 Å². The molecule has 1 aromatic rings. The Morgan fingerprint density at radius 2 is 2.30 bits per heavy atom. The highest BCUT2D eigenvalue weighted by atomic mass is 35.5. The monoisotopic (exact) mass is 318 g/mol. The number of rotatable bonds is 3. The van der Waals surface area contributed by atoms with Crippen LogP contribution in [0.3, 0.4) is 0 Å². The predicted molar refractivity (Wildman–Crippen MR) is 73.7 cm³/mol. The van der Waals surface area contributed by atoms with Gasteiger partial charge in [0.1, 0.15) is 11.9 Å². The number of benzene rings is 1. The fourth-order valence-corrected chi connectivity index (χ4v) is 3.38. The number of thioether (sulfide) groups is 1. The van der Waals surface area contributed by atoms with Crippen molar-refractivity contribution in [2.45, 2.75) is 11.4 Å². The summed E-state index contributed by atoms with van der Waals surface area (Å²) in [4.78, 5) is 22.6. The number of halogens is 2. The van der Waals surface area contributed by atoms with Crippen LogP contribution in [0.5, 0.6) is 0 Å². The van der Waals surface area contributed by atoms with Crippen LogP contribution < -0.4 is 11.1 Å². The van der Waals surface area contributed by atoms with Gasteiger partial charge < -0.3 is 10.5 Å². The van der Waals surface area contributed by atoms with E-state index in [2.05, 4.69) is 10.1 Å². The van der Waals surface area contributed by atoms with Crippen molar-refractivity contribution in [3.05, 3.63) is 34.6 Å². The van der Waals surface area contributed by atoms with Crippen LogP contribution in [-0.4, -0.2) is 30.3 Å². The molecule has 0 radical (unpaired) electrons. The van der Waals surface area contributed by atoms with Crippen molar-refractivity contribution < 1.29 is 18.7 Å². The summed E-state index contributed by atoms with van der Waals surface area (Å²) < 4.78 is 18.3. The van der Waals surface area contributed by atoms with Crippen LogP contribution in [0, 0.1) is 5.82 Å². The van der Waals surface area contributed by atoms with E-state index < -0.39 is 29.2 Å². The second-order valence-corrected chi connectivity index (χ2v) is 5.61. The van der Waals surface area contributed by atoms with Gasteiger partial charge in [-0.2, -0.15) is 0 Å². The first kappa shape index (κ1) is 15.2. The fraction of sp³-hybridized carbons (Fsp3) is 0.333. The standard InChI is InChI=1S/C12H12ClFN2O3S/c13-6-2-1-3-7(14)10(6)11-16-8(5-20-11)12(18)19-9(17)4-15/h1-3,8,11,16H,4-5,15H2. The summed E-state index contributed by atoms with van der Waals surface area (Å²) in [6, 6.07) is 3.68. The van der Waals surface area contributed by atoms with E-state index in [9.17, 15) is 14.0 Å². The molecule has 8 heteroatoms. The summed E-state index contributed by atoms with van der Waals surface area (Å²) >= 11 is 7.28. The zero-order valence-corrected chi connectivity index (χ0v) is 11.8. The Kier molecular flexibility index (Phi) is 4.98. The molecule has 2 unspecified atom stereocenters. The lowest BCUT2D eigenvalue weighted by Crippen LogP contribution is -2.38. The number of hydrogen-bond donors (Lipinski definition) is 2. The van der Waals surface area contributed by atoms with Crippen molar-refractivity contribution in [2.24, 2.45) is 5.73 Å². The molecule has 2 atom stereocenters. The minimum absolute atomic E-state index is 0.280. The normalized spacial score (nSPS) is 21.8. The number of esters is 2. The topological polar surface area (TPSA) is 81.4 Å². The molecule has 1 aliphatic rings. The third-order valence-electron chi connectivity index (χ3n) is 2.71. The van der Waals surface area contributed by atoms with Crippen LogP contribution in [0.15, 0.2) is 18.2 Å². The van der Waals surface area contributed by atoms with Crippen LogP contribution in [-0.2, 0) is 14.3 Å². The first-order chi connectivity index (χ1) is 9.52. The molecule has 0 bridgehead atoms. The van der Waals surface area contributed by atoms with Crippen molar-refractivity contribution in [1.82, 2.24) is 5.32 Å². The van der Waals surface area contributed by atoms with Gasteiger partial charge in [0.05, 0.1) is 11.9 Å². The summed E-state index contributed by atoms with van der Waals surface area (Å²) in [5.41, 5.74) is 5.35. The van der Waals surface area contributed by atoms with Crippen molar-refractivity contribution in [3.63, 3.8) is 0 Å². The molecule has 0 spiro atoms. The molecule has 3 N–H and O–H groups in total. The van der Waals surface area contributed by atoms with Gasteiger partial charge in [-0.25, -0.2) is 9.18 Å². The molecule has 2 rings (SSSR count). The van der Waals surface area contributed by atoms with Crippen molar-refractivity contribution >= 4 is 35.3 Å². The van der Waals surface area contributed by atoms with Crippen LogP contribution >= 0.6 is 23.4 Å². The molecule has 0 aliphatic carbocycles.